The molecule has 0 saturated carbocycles. The first-order valence-corrected chi connectivity index (χ1v) is 7.38. The van der Waals surface area contributed by atoms with Crippen LogP contribution < -0.4 is 0 Å². The summed E-state index contributed by atoms with van der Waals surface area (Å²) in [7, 11) is 0. The number of benzene rings is 2. The van der Waals surface area contributed by atoms with Gasteiger partial charge in [-0.15, -0.1) is 0 Å². The van der Waals surface area contributed by atoms with Gasteiger partial charge in [0.15, 0.2) is 0 Å². The second-order valence-corrected chi connectivity index (χ2v) is 5.05. The van der Waals surface area contributed by atoms with E-state index in [0.717, 1.165) is 0 Å². The van der Waals surface area contributed by atoms with E-state index in [1.807, 2.05) is 0 Å². The van der Waals surface area contributed by atoms with Gasteiger partial charge in [-0.1, -0.05) is 36.4 Å². The van der Waals surface area contributed by atoms with Gasteiger partial charge < -0.3 is 25.2 Å². The average Bonchev–Trinajstić information content (AvgIpc) is 2.66. The molecule has 4 N–H and O–H groups in total. The summed E-state index contributed by atoms with van der Waals surface area (Å²) in [5.41, 5.74) is 0.0564. The lowest BCUT2D eigenvalue weighted by Crippen LogP contribution is -2.44. The molecular weight excluding hydrogens is 360 g/mol. The van der Waals surface area contributed by atoms with Gasteiger partial charge in [-0.2, -0.15) is 0 Å². The summed E-state index contributed by atoms with van der Waals surface area (Å²) >= 11 is 0. The third kappa shape index (κ3) is 5.73. The Kier molecular flexibility index (Phi) is 7.80. The average molecular weight is 376 g/mol. The van der Waals surface area contributed by atoms with Crippen LogP contribution >= 0.6 is 0 Å². The second kappa shape index (κ2) is 9.80. The summed E-state index contributed by atoms with van der Waals surface area (Å²) in [6.45, 7) is 0. The van der Waals surface area contributed by atoms with Crippen LogP contribution in [0.3, 0.4) is 0 Å². The third-order valence-corrected chi connectivity index (χ3v) is 3.22. The smallest absolute Gasteiger partial charge is 0.348 e. The maximum absolute atomic E-state index is 11.9. The molecule has 2 aromatic carbocycles. The monoisotopic (exact) mass is 376 g/mol. The van der Waals surface area contributed by atoms with Gasteiger partial charge in [0, 0.05) is 0 Å². The van der Waals surface area contributed by atoms with Crippen molar-refractivity contribution in [3.63, 3.8) is 0 Å². The largest absolute Gasteiger partial charge is 0.478 e. The quantitative estimate of drug-likeness (QED) is 0.535. The Morgan fingerprint density at radius 2 is 1.22 bits per heavy atom. The maximum atomic E-state index is 11.9. The summed E-state index contributed by atoms with van der Waals surface area (Å²) in [6.07, 6.45) is -4.62. The Morgan fingerprint density at radius 1 is 0.778 bits per heavy atom. The van der Waals surface area contributed by atoms with Gasteiger partial charge in [-0.3, -0.25) is 0 Å². The van der Waals surface area contributed by atoms with Crippen LogP contribution in [0.2, 0.25) is 0 Å². The summed E-state index contributed by atoms with van der Waals surface area (Å²) < 4.78 is 9.10. The maximum Gasteiger partial charge on any atom is 0.348 e. The van der Waals surface area contributed by atoms with Crippen molar-refractivity contribution in [2.75, 3.05) is 0 Å². The first-order valence-electron chi connectivity index (χ1n) is 7.38. The van der Waals surface area contributed by atoms with Crippen molar-refractivity contribution < 1.29 is 44.3 Å². The molecule has 142 valence electrons. The number of esters is 3. The second-order valence-electron chi connectivity index (χ2n) is 5.05. The Bertz CT molecular complexity index is 802. The summed E-state index contributed by atoms with van der Waals surface area (Å²) in [4.78, 5) is 46.8. The van der Waals surface area contributed by atoms with Crippen molar-refractivity contribution in [3.05, 3.63) is 71.8 Å². The SMILES string of the molecule is O.O=C(OC(=O)[C@@H](O)[C@H](OC(=O)c1ccccc1)C(=O)O)c1ccccc1. The van der Waals surface area contributed by atoms with Crippen LogP contribution in [0.5, 0.6) is 0 Å². The van der Waals surface area contributed by atoms with Crippen molar-refractivity contribution in [1.29, 1.82) is 0 Å². The molecule has 0 amide bonds. The van der Waals surface area contributed by atoms with Gasteiger partial charge in [0.1, 0.15) is 0 Å². The molecule has 0 fully saturated rings. The number of carboxylic acid groups (broad SMARTS) is 1. The van der Waals surface area contributed by atoms with Crippen LogP contribution in [0, 0.1) is 0 Å². The minimum Gasteiger partial charge on any atom is -0.478 e. The predicted molar refractivity (Wildman–Crippen MR) is 89.8 cm³/mol. The molecule has 0 radical (unpaired) electrons. The van der Waals surface area contributed by atoms with Gasteiger partial charge >= 0.3 is 23.9 Å². The lowest BCUT2D eigenvalue weighted by atomic mass is 10.2. The number of hydrogen-bond acceptors (Lipinski definition) is 7. The van der Waals surface area contributed by atoms with Crippen molar-refractivity contribution >= 4 is 23.9 Å². The highest BCUT2D eigenvalue weighted by molar-refractivity contribution is 5.99. The molecule has 0 saturated heterocycles. The lowest BCUT2D eigenvalue weighted by molar-refractivity contribution is -0.166. The van der Waals surface area contributed by atoms with Gasteiger partial charge in [0.25, 0.3) is 0 Å². The third-order valence-electron chi connectivity index (χ3n) is 3.22. The fourth-order valence-electron chi connectivity index (χ4n) is 1.92. The number of rotatable bonds is 6. The molecule has 9 heteroatoms. The van der Waals surface area contributed by atoms with Crippen LogP contribution in [-0.4, -0.2) is 51.8 Å². The van der Waals surface area contributed by atoms with Crippen molar-refractivity contribution in [1.82, 2.24) is 0 Å². The van der Waals surface area contributed by atoms with E-state index in [-0.39, 0.29) is 16.6 Å². The first-order chi connectivity index (χ1) is 12.4. The van der Waals surface area contributed by atoms with E-state index in [9.17, 15) is 24.3 Å². The standard InChI is InChI=1S/C18H14O8.H2O/c19-13(18(24)26-17(23)12-9-5-2-6-10-12)14(15(20)21)25-16(22)11-7-3-1-4-8-11;/h1-10,13-14,19H,(H,20,21);1H2/t13-,14-;/m0./s1. The molecular formula is C18H16O9. The van der Waals surface area contributed by atoms with E-state index < -0.39 is 36.1 Å². The zero-order valence-electron chi connectivity index (χ0n) is 13.8. The van der Waals surface area contributed by atoms with Crippen molar-refractivity contribution in [2.24, 2.45) is 0 Å². The zero-order chi connectivity index (χ0) is 19.1. The van der Waals surface area contributed by atoms with Gasteiger partial charge in [0.2, 0.25) is 12.2 Å². The molecule has 9 nitrogen and oxygen atoms in total. The Morgan fingerprint density at radius 3 is 1.67 bits per heavy atom. The van der Waals surface area contributed by atoms with E-state index in [1.54, 1.807) is 12.1 Å². The highest BCUT2D eigenvalue weighted by atomic mass is 16.6. The molecule has 0 bridgehead atoms. The molecule has 0 heterocycles. The molecule has 0 aromatic heterocycles. The van der Waals surface area contributed by atoms with Crippen LogP contribution in [0.25, 0.3) is 0 Å². The van der Waals surface area contributed by atoms with E-state index >= 15 is 0 Å². The van der Waals surface area contributed by atoms with Gasteiger partial charge in [-0.05, 0) is 24.3 Å². The Labute approximate surface area is 153 Å². The number of carbonyl (C=O) groups excluding carboxylic acids is 3. The van der Waals surface area contributed by atoms with Crippen LogP contribution in [0.4, 0.5) is 0 Å². The van der Waals surface area contributed by atoms with Gasteiger partial charge in [0.05, 0.1) is 11.1 Å². The van der Waals surface area contributed by atoms with Crippen molar-refractivity contribution in [2.45, 2.75) is 12.2 Å². The van der Waals surface area contributed by atoms with Crippen LogP contribution in [0.1, 0.15) is 20.7 Å². The van der Waals surface area contributed by atoms with Crippen molar-refractivity contribution in [3.8, 4) is 0 Å². The van der Waals surface area contributed by atoms with E-state index in [4.69, 9.17) is 5.11 Å². The van der Waals surface area contributed by atoms with E-state index in [2.05, 4.69) is 9.47 Å². The zero-order valence-corrected chi connectivity index (χ0v) is 13.8. The van der Waals surface area contributed by atoms with Crippen LogP contribution in [0.15, 0.2) is 60.7 Å². The first kappa shape index (κ1) is 21.5. The van der Waals surface area contributed by atoms with Crippen LogP contribution in [-0.2, 0) is 19.1 Å². The summed E-state index contributed by atoms with van der Waals surface area (Å²) in [6, 6.07) is 14.8. The molecule has 0 spiro atoms. The molecule has 0 aliphatic carbocycles. The topological polar surface area (TPSA) is 159 Å². The molecule has 2 atom stereocenters. The summed E-state index contributed by atoms with van der Waals surface area (Å²) in [5, 5.41) is 19.0. The fraction of sp³-hybridized carbons (Fsp3) is 0.111. The number of carbonyl (C=O) groups is 4. The number of aliphatic hydroxyl groups is 1. The molecule has 27 heavy (non-hydrogen) atoms. The molecule has 0 aliphatic heterocycles. The Balaban J connectivity index is 0.00000364. The highest BCUT2D eigenvalue weighted by Crippen LogP contribution is 2.10. The summed E-state index contributed by atoms with van der Waals surface area (Å²) in [5.74, 6) is -5.45. The lowest BCUT2D eigenvalue weighted by Gasteiger charge is -2.18. The number of aliphatic carboxylic acids is 1. The predicted octanol–water partition coefficient (Wildman–Crippen LogP) is 0.216. The number of carboxylic acids is 1. The normalized spacial score (nSPS) is 12.0. The minimum absolute atomic E-state index is 0. The molecule has 2 rings (SSSR count). The Hall–Kier alpha value is -3.56. The number of hydrogen-bond donors (Lipinski definition) is 2. The van der Waals surface area contributed by atoms with E-state index in [0.29, 0.717) is 0 Å². The molecule has 0 unspecified atom stereocenters. The van der Waals surface area contributed by atoms with E-state index in [1.165, 1.54) is 48.5 Å². The fourth-order valence-corrected chi connectivity index (χ4v) is 1.92. The highest BCUT2D eigenvalue weighted by Gasteiger charge is 2.38. The van der Waals surface area contributed by atoms with Gasteiger partial charge in [-0.25, -0.2) is 19.2 Å². The number of aliphatic hydroxyl groups excluding tert-OH is 1. The number of ether oxygens (including phenoxy) is 2. The molecule has 0 aliphatic rings. The minimum atomic E-state index is -2.38. The molecule has 2 aromatic rings.